The average molecular weight is 301 g/mol. The highest BCUT2D eigenvalue weighted by atomic mass is 19.1. The van der Waals surface area contributed by atoms with E-state index in [2.05, 4.69) is 12.2 Å². The zero-order valence-electron chi connectivity index (χ0n) is 11.8. The summed E-state index contributed by atoms with van der Waals surface area (Å²) < 4.78 is 40.1. The predicted molar refractivity (Wildman–Crippen MR) is 71.2 cm³/mol. The number of aliphatic hydroxyl groups excluding tert-OH is 1. The van der Waals surface area contributed by atoms with Crippen LogP contribution in [-0.2, 0) is 0 Å². The second-order valence-corrected chi connectivity index (χ2v) is 5.82. The van der Waals surface area contributed by atoms with Crippen molar-refractivity contribution in [2.75, 3.05) is 6.61 Å². The molecule has 1 aliphatic carbocycles. The van der Waals surface area contributed by atoms with E-state index in [-0.39, 0.29) is 6.61 Å². The van der Waals surface area contributed by atoms with Crippen LogP contribution < -0.4 is 5.32 Å². The molecule has 6 heteroatoms. The van der Waals surface area contributed by atoms with Crippen LogP contribution in [0, 0.1) is 23.4 Å². The van der Waals surface area contributed by atoms with Crippen LogP contribution in [0.4, 0.5) is 13.2 Å². The normalized spacial score (nSPS) is 25.7. The highest BCUT2D eigenvalue weighted by Crippen LogP contribution is 2.32. The summed E-state index contributed by atoms with van der Waals surface area (Å²) in [6.07, 6.45) is 2.71. The first-order valence-corrected chi connectivity index (χ1v) is 6.95. The molecule has 1 aromatic carbocycles. The van der Waals surface area contributed by atoms with Crippen molar-refractivity contribution < 1.29 is 23.1 Å². The number of aliphatic hydroxyl groups is 1. The second-order valence-electron chi connectivity index (χ2n) is 5.82. The molecule has 1 aliphatic rings. The summed E-state index contributed by atoms with van der Waals surface area (Å²) >= 11 is 0. The van der Waals surface area contributed by atoms with E-state index in [0.29, 0.717) is 30.9 Å². The molecular formula is C15H18F3NO2. The van der Waals surface area contributed by atoms with Crippen molar-refractivity contribution in [3.8, 4) is 0 Å². The van der Waals surface area contributed by atoms with Crippen molar-refractivity contribution in [1.29, 1.82) is 0 Å². The van der Waals surface area contributed by atoms with Crippen molar-refractivity contribution in [2.45, 2.75) is 38.1 Å². The number of hydrogen-bond donors (Lipinski definition) is 2. The number of carbonyl (C=O) groups is 1. The maximum Gasteiger partial charge on any atom is 0.257 e. The lowest BCUT2D eigenvalue weighted by molar-refractivity contribution is 0.0709. The number of hydrogen-bond acceptors (Lipinski definition) is 2. The van der Waals surface area contributed by atoms with Gasteiger partial charge in [0.05, 0.1) is 12.1 Å². The Morgan fingerprint density at radius 3 is 2.29 bits per heavy atom. The van der Waals surface area contributed by atoms with E-state index in [1.807, 2.05) is 0 Å². The molecule has 0 aliphatic heterocycles. The smallest absolute Gasteiger partial charge is 0.257 e. The van der Waals surface area contributed by atoms with Gasteiger partial charge in [-0.3, -0.25) is 4.79 Å². The minimum Gasteiger partial charge on any atom is -0.394 e. The van der Waals surface area contributed by atoms with Crippen LogP contribution in [0.25, 0.3) is 0 Å². The van der Waals surface area contributed by atoms with Crippen molar-refractivity contribution in [3.63, 3.8) is 0 Å². The minimum absolute atomic E-state index is 0.296. The van der Waals surface area contributed by atoms with Gasteiger partial charge >= 0.3 is 0 Å². The number of amides is 1. The third-order valence-electron chi connectivity index (χ3n) is 4.15. The summed E-state index contributed by atoms with van der Waals surface area (Å²) in [4.78, 5) is 12.1. The number of nitrogens with one attached hydrogen (secondary N) is 1. The summed E-state index contributed by atoms with van der Waals surface area (Å²) in [5.74, 6) is -4.05. The molecule has 0 spiro atoms. The monoisotopic (exact) mass is 301 g/mol. The van der Waals surface area contributed by atoms with Gasteiger partial charge in [-0.2, -0.15) is 0 Å². The number of benzene rings is 1. The highest BCUT2D eigenvalue weighted by molar-refractivity contribution is 5.95. The lowest BCUT2D eigenvalue weighted by Gasteiger charge is -2.38. The van der Waals surface area contributed by atoms with Gasteiger partial charge in [-0.05, 0) is 31.6 Å². The summed E-state index contributed by atoms with van der Waals surface area (Å²) in [5.41, 5.74) is -1.68. The van der Waals surface area contributed by atoms with E-state index in [1.165, 1.54) is 0 Å². The van der Waals surface area contributed by atoms with E-state index in [0.717, 1.165) is 12.8 Å². The molecule has 0 radical (unpaired) electrons. The fraction of sp³-hybridized carbons (Fsp3) is 0.533. The molecule has 2 N–H and O–H groups in total. The molecule has 0 aromatic heterocycles. The van der Waals surface area contributed by atoms with Gasteiger partial charge in [0.2, 0.25) is 0 Å². The van der Waals surface area contributed by atoms with E-state index in [1.54, 1.807) is 0 Å². The second kappa shape index (κ2) is 6.05. The molecule has 1 saturated carbocycles. The largest absolute Gasteiger partial charge is 0.394 e. The van der Waals surface area contributed by atoms with E-state index >= 15 is 0 Å². The summed E-state index contributed by atoms with van der Waals surface area (Å²) in [7, 11) is 0. The van der Waals surface area contributed by atoms with Crippen LogP contribution in [0.15, 0.2) is 12.1 Å². The van der Waals surface area contributed by atoms with Crippen LogP contribution in [-0.4, -0.2) is 23.2 Å². The Balaban J connectivity index is 2.21. The molecule has 0 atom stereocenters. The number of rotatable bonds is 3. The van der Waals surface area contributed by atoms with Gasteiger partial charge < -0.3 is 10.4 Å². The van der Waals surface area contributed by atoms with E-state index in [4.69, 9.17) is 0 Å². The Morgan fingerprint density at radius 1 is 1.29 bits per heavy atom. The highest BCUT2D eigenvalue weighted by Gasteiger charge is 2.36. The van der Waals surface area contributed by atoms with Crippen LogP contribution >= 0.6 is 0 Å². The van der Waals surface area contributed by atoms with Gasteiger partial charge in [0, 0.05) is 12.1 Å². The molecule has 0 unspecified atom stereocenters. The molecule has 1 amide bonds. The molecule has 0 bridgehead atoms. The SMILES string of the molecule is CC1CCC(CO)(NC(=O)c2c(F)cc(F)cc2F)CC1. The number of halogens is 3. The zero-order chi connectivity index (χ0) is 15.6. The quantitative estimate of drug-likeness (QED) is 0.902. The van der Waals surface area contributed by atoms with E-state index < -0.39 is 34.5 Å². The van der Waals surface area contributed by atoms with Crippen molar-refractivity contribution >= 4 is 5.91 Å². The molecule has 21 heavy (non-hydrogen) atoms. The van der Waals surface area contributed by atoms with Gasteiger partial charge in [-0.25, -0.2) is 13.2 Å². The van der Waals surface area contributed by atoms with E-state index in [9.17, 15) is 23.1 Å². The van der Waals surface area contributed by atoms with Gasteiger partial charge in [0.25, 0.3) is 5.91 Å². The first kappa shape index (κ1) is 15.8. The lowest BCUT2D eigenvalue weighted by Crippen LogP contribution is -2.53. The number of carbonyl (C=O) groups excluding carboxylic acids is 1. The fourth-order valence-electron chi connectivity index (χ4n) is 2.70. The van der Waals surface area contributed by atoms with Crippen LogP contribution in [0.3, 0.4) is 0 Å². The van der Waals surface area contributed by atoms with Crippen LogP contribution in [0.5, 0.6) is 0 Å². The van der Waals surface area contributed by atoms with Crippen molar-refractivity contribution in [1.82, 2.24) is 5.32 Å². The van der Waals surface area contributed by atoms with Gasteiger partial charge in [-0.15, -0.1) is 0 Å². The third kappa shape index (κ3) is 3.37. The van der Waals surface area contributed by atoms with Gasteiger partial charge in [-0.1, -0.05) is 6.92 Å². The Kier molecular flexibility index (Phi) is 4.56. The molecule has 0 saturated heterocycles. The first-order valence-electron chi connectivity index (χ1n) is 6.95. The average Bonchev–Trinajstić information content (AvgIpc) is 2.40. The summed E-state index contributed by atoms with van der Waals surface area (Å²) in [6.45, 7) is 1.78. The lowest BCUT2D eigenvalue weighted by atomic mass is 9.77. The topological polar surface area (TPSA) is 49.3 Å². The molecular weight excluding hydrogens is 283 g/mol. The fourth-order valence-corrected chi connectivity index (χ4v) is 2.70. The van der Waals surface area contributed by atoms with Gasteiger partial charge in [0.15, 0.2) is 0 Å². The van der Waals surface area contributed by atoms with Crippen LogP contribution in [0.1, 0.15) is 43.0 Å². The maximum absolute atomic E-state index is 13.6. The molecule has 1 fully saturated rings. The molecule has 1 aromatic rings. The predicted octanol–water partition coefficient (Wildman–Crippen LogP) is 2.77. The maximum atomic E-state index is 13.6. The molecule has 116 valence electrons. The Hall–Kier alpha value is -1.56. The van der Waals surface area contributed by atoms with Crippen molar-refractivity contribution in [3.05, 3.63) is 35.1 Å². The molecule has 0 heterocycles. The molecule has 2 rings (SSSR count). The summed E-state index contributed by atoms with van der Waals surface area (Å²) in [5, 5.41) is 12.1. The standard InChI is InChI=1S/C15H18F3NO2/c1-9-2-4-15(8-20,5-3-9)19-14(21)13-11(17)6-10(16)7-12(13)18/h6-7,9,20H,2-5,8H2,1H3,(H,19,21). The van der Waals surface area contributed by atoms with Gasteiger partial charge in [0.1, 0.15) is 23.0 Å². The third-order valence-corrected chi connectivity index (χ3v) is 4.15. The minimum atomic E-state index is -1.25. The molecule has 3 nitrogen and oxygen atoms in total. The summed E-state index contributed by atoms with van der Waals surface area (Å²) in [6, 6.07) is 0.930. The Bertz CT molecular complexity index is 517. The zero-order valence-corrected chi connectivity index (χ0v) is 11.8. The van der Waals surface area contributed by atoms with Crippen molar-refractivity contribution in [2.24, 2.45) is 5.92 Å². The Labute approximate surface area is 121 Å². The first-order chi connectivity index (χ1) is 9.87. The van der Waals surface area contributed by atoms with Crippen LogP contribution in [0.2, 0.25) is 0 Å². The Morgan fingerprint density at radius 2 is 1.81 bits per heavy atom.